The maximum Gasteiger partial charge on any atom is 0.338 e. The molecule has 3 aromatic rings. The molecule has 0 spiro atoms. The summed E-state index contributed by atoms with van der Waals surface area (Å²) in [5.41, 5.74) is 2.09. The standard InChI is InChI=1S/C28H27BrFNO5/c1-3-4-15-35-28(33)20-10-12-22(13-11-20)31-26(32)14-9-19-16-23(29)27(25(17-19)34-2)36-18-21-7-5-6-8-24(21)30/h5-14,16-17H,3-4,15,18H2,1-2H3,(H,31,32)/b14-9+. The quantitative estimate of drug-likeness (QED) is 0.160. The lowest BCUT2D eigenvalue weighted by atomic mass is 10.1. The molecule has 0 aliphatic carbocycles. The van der Waals surface area contributed by atoms with Gasteiger partial charge in [-0.15, -0.1) is 0 Å². The molecule has 1 N–H and O–H groups in total. The van der Waals surface area contributed by atoms with Gasteiger partial charge in [-0.1, -0.05) is 31.5 Å². The first-order chi connectivity index (χ1) is 17.4. The van der Waals surface area contributed by atoms with Crippen LogP contribution in [0.1, 0.15) is 41.3 Å². The maximum absolute atomic E-state index is 13.9. The van der Waals surface area contributed by atoms with Gasteiger partial charge in [0.05, 0.1) is 23.8 Å². The number of hydrogen-bond donors (Lipinski definition) is 1. The summed E-state index contributed by atoms with van der Waals surface area (Å²) in [7, 11) is 1.50. The first kappa shape index (κ1) is 26.9. The molecule has 36 heavy (non-hydrogen) atoms. The zero-order valence-corrected chi connectivity index (χ0v) is 21.6. The van der Waals surface area contributed by atoms with Crippen LogP contribution in [0.15, 0.2) is 71.2 Å². The summed E-state index contributed by atoms with van der Waals surface area (Å²) in [5, 5.41) is 2.75. The number of ether oxygens (including phenoxy) is 3. The molecule has 0 heterocycles. The topological polar surface area (TPSA) is 73.9 Å². The van der Waals surface area contributed by atoms with E-state index in [1.165, 1.54) is 19.3 Å². The van der Waals surface area contributed by atoms with Crippen molar-refractivity contribution < 1.29 is 28.2 Å². The summed E-state index contributed by atoms with van der Waals surface area (Å²) in [6.45, 7) is 2.45. The van der Waals surface area contributed by atoms with E-state index >= 15 is 0 Å². The fourth-order valence-corrected chi connectivity index (χ4v) is 3.75. The maximum atomic E-state index is 13.9. The average molecular weight is 556 g/mol. The molecule has 0 saturated carbocycles. The fourth-order valence-electron chi connectivity index (χ4n) is 3.18. The zero-order chi connectivity index (χ0) is 25.9. The van der Waals surface area contributed by atoms with E-state index in [2.05, 4.69) is 21.2 Å². The Labute approximate surface area is 218 Å². The van der Waals surface area contributed by atoms with E-state index in [1.807, 2.05) is 6.92 Å². The summed E-state index contributed by atoms with van der Waals surface area (Å²) < 4.78 is 30.9. The molecule has 0 atom stereocenters. The van der Waals surface area contributed by atoms with Crippen molar-refractivity contribution >= 4 is 39.6 Å². The molecule has 0 aliphatic rings. The zero-order valence-electron chi connectivity index (χ0n) is 20.1. The van der Waals surface area contributed by atoms with Crippen molar-refractivity contribution in [3.63, 3.8) is 0 Å². The van der Waals surface area contributed by atoms with Gasteiger partial charge >= 0.3 is 5.97 Å². The van der Waals surface area contributed by atoms with E-state index in [0.717, 1.165) is 12.8 Å². The third-order valence-electron chi connectivity index (χ3n) is 5.13. The van der Waals surface area contributed by atoms with E-state index in [0.29, 0.717) is 45.0 Å². The van der Waals surface area contributed by atoms with Crippen LogP contribution in [0.5, 0.6) is 11.5 Å². The minimum absolute atomic E-state index is 0.0362. The van der Waals surface area contributed by atoms with Crippen LogP contribution < -0.4 is 14.8 Å². The molecule has 6 nitrogen and oxygen atoms in total. The minimum atomic E-state index is -0.387. The highest BCUT2D eigenvalue weighted by Crippen LogP contribution is 2.37. The second-order valence-electron chi connectivity index (χ2n) is 7.80. The molecular weight excluding hydrogens is 529 g/mol. The van der Waals surface area contributed by atoms with Gasteiger partial charge in [0.1, 0.15) is 12.4 Å². The minimum Gasteiger partial charge on any atom is -0.493 e. The van der Waals surface area contributed by atoms with Crippen molar-refractivity contribution in [3.05, 3.63) is 93.7 Å². The number of anilines is 1. The normalized spacial score (nSPS) is 10.8. The third-order valence-corrected chi connectivity index (χ3v) is 5.72. The van der Waals surface area contributed by atoms with Crippen LogP contribution in [0.4, 0.5) is 10.1 Å². The highest BCUT2D eigenvalue weighted by atomic mass is 79.9. The van der Waals surface area contributed by atoms with Crippen LogP contribution in [0.25, 0.3) is 6.08 Å². The molecule has 0 unspecified atom stereocenters. The van der Waals surface area contributed by atoms with Crippen molar-refractivity contribution in [1.82, 2.24) is 0 Å². The number of carbonyl (C=O) groups excluding carboxylic acids is 2. The van der Waals surface area contributed by atoms with Gasteiger partial charge in [-0.25, -0.2) is 9.18 Å². The number of nitrogens with one attached hydrogen (secondary N) is 1. The number of methoxy groups -OCH3 is 1. The van der Waals surface area contributed by atoms with E-state index in [1.54, 1.807) is 60.7 Å². The summed E-state index contributed by atoms with van der Waals surface area (Å²) in [5.74, 6) is -0.220. The summed E-state index contributed by atoms with van der Waals surface area (Å²) in [6, 6.07) is 16.4. The SMILES string of the molecule is CCCCOC(=O)c1ccc(NC(=O)/C=C/c2cc(Br)c(OCc3ccccc3F)c(OC)c2)cc1. The summed E-state index contributed by atoms with van der Waals surface area (Å²) in [4.78, 5) is 24.4. The van der Waals surface area contributed by atoms with Gasteiger partial charge in [0.15, 0.2) is 11.5 Å². The first-order valence-corrected chi connectivity index (χ1v) is 12.2. The Bertz CT molecular complexity index is 1230. The number of carbonyl (C=O) groups is 2. The number of benzene rings is 3. The lowest BCUT2D eigenvalue weighted by molar-refractivity contribution is -0.111. The molecule has 0 bridgehead atoms. The predicted octanol–water partition coefficient (Wildman–Crippen LogP) is 6.78. The third kappa shape index (κ3) is 7.68. The van der Waals surface area contributed by atoms with Gasteiger partial charge in [0.25, 0.3) is 0 Å². The molecule has 188 valence electrons. The second-order valence-corrected chi connectivity index (χ2v) is 8.66. The van der Waals surface area contributed by atoms with Crippen molar-refractivity contribution in [2.45, 2.75) is 26.4 Å². The molecular formula is C28H27BrFNO5. The Morgan fingerprint density at radius 1 is 1.08 bits per heavy atom. The number of halogens is 2. The number of amides is 1. The van der Waals surface area contributed by atoms with Crippen molar-refractivity contribution in [2.75, 3.05) is 19.0 Å². The van der Waals surface area contributed by atoms with Crippen molar-refractivity contribution in [3.8, 4) is 11.5 Å². The Kier molecular flexibility index (Phi) is 10.1. The highest BCUT2D eigenvalue weighted by molar-refractivity contribution is 9.10. The Morgan fingerprint density at radius 3 is 2.53 bits per heavy atom. The van der Waals surface area contributed by atoms with E-state index in [4.69, 9.17) is 14.2 Å². The number of esters is 1. The molecule has 8 heteroatoms. The van der Waals surface area contributed by atoms with Crippen LogP contribution in [-0.2, 0) is 16.1 Å². The Morgan fingerprint density at radius 2 is 1.83 bits per heavy atom. The molecule has 0 saturated heterocycles. The average Bonchev–Trinajstić information content (AvgIpc) is 2.88. The van der Waals surface area contributed by atoms with Gasteiger partial charge in [0.2, 0.25) is 5.91 Å². The van der Waals surface area contributed by atoms with Crippen LogP contribution in [-0.4, -0.2) is 25.6 Å². The number of hydrogen-bond acceptors (Lipinski definition) is 5. The Balaban J connectivity index is 1.61. The molecule has 0 radical (unpaired) electrons. The molecule has 0 aromatic heterocycles. The van der Waals surface area contributed by atoms with Gasteiger partial charge in [-0.3, -0.25) is 4.79 Å². The smallest absolute Gasteiger partial charge is 0.338 e. The van der Waals surface area contributed by atoms with Gasteiger partial charge in [-0.2, -0.15) is 0 Å². The van der Waals surface area contributed by atoms with Crippen molar-refractivity contribution in [2.24, 2.45) is 0 Å². The van der Waals surface area contributed by atoms with Crippen LogP contribution in [0, 0.1) is 5.82 Å². The van der Waals surface area contributed by atoms with E-state index in [9.17, 15) is 14.0 Å². The van der Waals surface area contributed by atoms with Crippen molar-refractivity contribution in [1.29, 1.82) is 0 Å². The second kappa shape index (κ2) is 13.4. The summed E-state index contributed by atoms with van der Waals surface area (Å²) >= 11 is 3.46. The van der Waals surface area contributed by atoms with Crippen LogP contribution >= 0.6 is 15.9 Å². The largest absolute Gasteiger partial charge is 0.493 e. The molecule has 0 fully saturated rings. The Hall–Kier alpha value is -3.65. The fraction of sp³-hybridized carbons (Fsp3) is 0.214. The molecule has 0 aliphatic heterocycles. The highest BCUT2D eigenvalue weighted by Gasteiger charge is 2.13. The summed E-state index contributed by atoms with van der Waals surface area (Å²) in [6.07, 6.45) is 4.78. The molecule has 3 aromatic carbocycles. The van der Waals surface area contributed by atoms with Gasteiger partial charge in [-0.05, 0) is 76.5 Å². The van der Waals surface area contributed by atoms with Gasteiger partial charge < -0.3 is 19.5 Å². The first-order valence-electron chi connectivity index (χ1n) is 11.4. The van der Waals surface area contributed by atoms with Crippen LogP contribution in [0.3, 0.4) is 0 Å². The van der Waals surface area contributed by atoms with Gasteiger partial charge in [0, 0.05) is 17.3 Å². The lowest BCUT2D eigenvalue weighted by Crippen LogP contribution is -2.09. The predicted molar refractivity (Wildman–Crippen MR) is 141 cm³/mol. The monoisotopic (exact) mass is 555 g/mol. The number of rotatable bonds is 11. The number of unbranched alkanes of at least 4 members (excludes halogenated alkanes) is 1. The lowest BCUT2D eigenvalue weighted by Gasteiger charge is -2.14. The molecule has 1 amide bonds. The molecule has 3 rings (SSSR count). The van der Waals surface area contributed by atoms with E-state index in [-0.39, 0.29) is 24.3 Å². The van der Waals surface area contributed by atoms with Crippen LogP contribution in [0.2, 0.25) is 0 Å². The van der Waals surface area contributed by atoms with E-state index < -0.39 is 0 Å².